The van der Waals surface area contributed by atoms with Gasteiger partial charge in [-0.15, -0.1) is 0 Å². The molecule has 0 aliphatic carbocycles. The zero-order valence-corrected chi connectivity index (χ0v) is 55.5. The maximum atomic E-state index is 12.9. The van der Waals surface area contributed by atoms with Gasteiger partial charge < -0.3 is 14.2 Å². The van der Waals surface area contributed by atoms with Crippen LogP contribution < -0.4 is 0 Å². The molecule has 0 amide bonds. The molecule has 0 heterocycles. The first kappa shape index (κ1) is 79.6. The molecule has 0 aromatic carbocycles. The molecule has 1 atom stereocenters. The molecule has 6 heteroatoms. The average molecular weight is 1150 g/mol. The molecule has 1 unspecified atom stereocenters. The summed E-state index contributed by atoms with van der Waals surface area (Å²) < 4.78 is 17.0. The van der Waals surface area contributed by atoms with Crippen molar-refractivity contribution in [3.63, 3.8) is 0 Å². The fraction of sp³-hybridized carbons (Fsp3) is 0.882. The van der Waals surface area contributed by atoms with E-state index in [-0.39, 0.29) is 31.1 Å². The van der Waals surface area contributed by atoms with Crippen LogP contribution in [-0.4, -0.2) is 37.2 Å². The highest BCUT2D eigenvalue weighted by Crippen LogP contribution is 2.19. The van der Waals surface area contributed by atoms with E-state index in [0.717, 1.165) is 64.2 Å². The SMILES string of the molecule is CCCCCCC/C=C\C/C=C\CCCCCCCCCCCCCCCCCCCCCC(=O)OCC(COC(=O)CCCCCCCCCCCCCCCCC)OC(=O)CCCCCCCCC/C=C\CCCCCCCCC. The van der Waals surface area contributed by atoms with Gasteiger partial charge in [-0.3, -0.25) is 14.4 Å². The van der Waals surface area contributed by atoms with Crippen LogP contribution in [0.25, 0.3) is 0 Å². The van der Waals surface area contributed by atoms with Crippen LogP contribution >= 0.6 is 0 Å². The Morgan fingerprint density at radius 3 is 0.683 bits per heavy atom. The van der Waals surface area contributed by atoms with E-state index in [1.54, 1.807) is 0 Å². The molecule has 0 aromatic heterocycles. The van der Waals surface area contributed by atoms with E-state index in [9.17, 15) is 14.4 Å². The van der Waals surface area contributed by atoms with Crippen molar-refractivity contribution < 1.29 is 28.6 Å². The second kappa shape index (κ2) is 71.1. The lowest BCUT2D eigenvalue weighted by atomic mass is 10.0. The monoisotopic (exact) mass is 1150 g/mol. The van der Waals surface area contributed by atoms with Gasteiger partial charge in [-0.25, -0.2) is 0 Å². The highest BCUT2D eigenvalue weighted by molar-refractivity contribution is 5.71. The Bertz CT molecular complexity index is 1370. The predicted molar refractivity (Wildman–Crippen MR) is 358 cm³/mol. The van der Waals surface area contributed by atoms with Crippen LogP contribution in [0.3, 0.4) is 0 Å². The van der Waals surface area contributed by atoms with E-state index < -0.39 is 6.10 Å². The number of unbranched alkanes of at least 4 members (excludes halogenated alkanes) is 52. The number of ether oxygens (including phenoxy) is 3. The zero-order chi connectivity index (χ0) is 59.2. The van der Waals surface area contributed by atoms with E-state index >= 15 is 0 Å². The molecule has 0 aliphatic rings. The zero-order valence-electron chi connectivity index (χ0n) is 55.5. The largest absolute Gasteiger partial charge is 0.462 e. The number of rotatable bonds is 69. The molecule has 82 heavy (non-hydrogen) atoms. The van der Waals surface area contributed by atoms with Crippen molar-refractivity contribution >= 4 is 17.9 Å². The number of carbonyl (C=O) groups is 3. The van der Waals surface area contributed by atoms with Crippen LogP contribution in [0.15, 0.2) is 36.5 Å². The van der Waals surface area contributed by atoms with Crippen LogP contribution in [0.1, 0.15) is 412 Å². The minimum atomic E-state index is -0.772. The van der Waals surface area contributed by atoms with Crippen molar-refractivity contribution in [2.45, 2.75) is 419 Å². The van der Waals surface area contributed by atoms with E-state index in [1.165, 1.54) is 308 Å². The van der Waals surface area contributed by atoms with Crippen LogP contribution in [-0.2, 0) is 28.6 Å². The van der Waals surface area contributed by atoms with Gasteiger partial charge in [0.2, 0.25) is 0 Å². The lowest BCUT2D eigenvalue weighted by Crippen LogP contribution is -2.30. The Kier molecular flexibility index (Phi) is 69.1. The summed E-state index contributed by atoms with van der Waals surface area (Å²) >= 11 is 0. The summed E-state index contributed by atoms with van der Waals surface area (Å²) in [4.78, 5) is 38.5. The van der Waals surface area contributed by atoms with Crippen molar-refractivity contribution in [3.05, 3.63) is 36.5 Å². The van der Waals surface area contributed by atoms with E-state index in [4.69, 9.17) is 14.2 Å². The Morgan fingerprint density at radius 2 is 0.439 bits per heavy atom. The first-order valence-corrected chi connectivity index (χ1v) is 37.0. The highest BCUT2D eigenvalue weighted by atomic mass is 16.6. The number of allylic oxidation sites excluding steroid dienone is 6. The topological polar surface area (TPSA) is 78.9 Å². The Hall–Kier alpha value is -2.37. The number of hydrogen-bond acceptors (Lipinski definition) is 6. The summed E-state index contributed by atoms with van der Waals surface area (Å²) in [6.07, 6.45) is 89.0. The third-order valence-corrected chi connectivity index (χ3v) is 16.9. The van der Waals surface area contributed by atoms with Gasteiger partial charge in [0.25, 0.3) is 0 Å². The molecule has 0 aliphatic heterocycles. The summed E-state index contributed by atoms with van der Waals surface area (Å²) in [6, 6.07) is 0. The molecule has 0 saturated carbocycles. The summed E-state index contributed by atoms with van der Waals surface area (Å²) in [5.41, 5.74) is 0. The lowest BCUT2D eigenvalue weighted by Gasteiger charge is -2.18. The predicted octanol–water partition coefficient (Wildman–Crippen LogP) is 25.5. The van der Waals surface area contributed by atoms with E-state index in [0.29, 0.717) is 19.3 Å². The van der Waals surface area contributed by atoms with Crippen molar-refractivity contribution in [3.8, 4) is 0 Å². The van der Waals surface area contributed by atoms with Gasteiger partial charge in [0.1, 0.15) is 13.2 Å². The second-order valence-electron chi connectivity index (χ2n) is 25.2. The van der Waals surface area contributed by atoms with Crippen molar-refractivity contribution in [1.82, 2.24) is 0 Å². The molecular formula is C76H142O6. The van der Waals surface area contributed by atoms with E-state index in [1.807, 2.05) is 0 Å². The minimum absolute atomic E-state index is 0.0673. The maximum Gasteiger partial charge on any atom is 0.306 e. The van der Waals surface area contributed by atoms with Gasteiger partial charge in [0.15, 0.2) is 6.10 Å². The van der Waals surface area contributed by atoms with Crippen molar-refractivity contribution in [1.29, 1.82) is 0 Å². The molecular weight excluding hydrogens is 1010 g/mol. The quantitative estimate of drug-likeness (QED) is 0.0261. The molecule has 6 nitrogen and oxygen atoms in total. The Morgan fingerprint density at radius 1 is 0.244 bits per heavy atom. The van der Waals surface area contributed by atoms with Crippen molar-refractivity contribution in [2.75, 3.05) is 13.2 Å². The molecule has 0 saturated heterocycles. The van der Waals surface area contributed by atoms with Gasteiger partial charge >= 0.3 is 17.9 Å². The van der Waals surface area contributed by atoms with Gasteiger partial charge in [-0.05, 0) is 77.0 Å². The maximum absolute atomic E-state index is 12.9. The molecule has 0 rings (SSSR count). The van der Waals surface area contributed by atoms with Gasteiger partial charge in [0.05, 0.1) is 0 Å². The summed E-state index contributed by atoms with van der Waals surface area (Å²) in [7, 11) is 0. The van der Waals surface area contributed by atoms with Gasteiger partial charge in [-0.2, -0.15) is 0 Å². The van der Waals surface area contributed by atoms with Crippen LogP contribution in [0.2, 0.25) is 0 Å². The highest BCUT2D eigenvalue weighted by Gasteiger charge is 2.19. The first-order valence-electron chi connectivity index (χ1n) is 37.0. The van der Waals surface area contributed by atoms with Crippen LogP contribution in [0.4, 0.5) is 0 Å². The fourth-order valence-electron chi connectivity index (χ4n) is 11.3. The summed E-state index contributed by atoms with van der Waals surface area (Å²) in [5.74, 6) is -0.839. The van der Waals surface area contributed by atoms with E-state index in [2.05, 4.69) is 57.2 Å². The lowest BCUT2D eigenvalue weighted by molar-refractivity contribution is -0.167. The normalized spacial score (nSPS) is 12.2. The molecule has 0 fully saturated rings. The number of carbonyl (C=O) groups excluding carboxylic acids is 3. The van der Waals surface area contributed by atoms with Gasteiger partial charge in [0, 0.05) is 19.3 Å². The molecule has 0 aromatic rings. The van der Waals surface area contributed by atoms with Crippen LogP contribution in [0, 0.1) is 0 Å². The molecule has 0 bridgehead atoms. The standard InChI is InChI=1S/C76H142O6/c1-4-7-10-13-16-19-22-25-28-30-32-33-34-35-36-37-38-39-40-41-42-43-44-46-48-51-54-57-60-63-66-69-75(78)81-72-73(71-80-74(77)68-65-62-59-56-53-50-47-27-24-21-18-15-12-9-6-3)82-76(79)70-67-64-61-58-55-52-49-45-31-29-26-23-20-17-14-11-8-5-2/h22,25,29-32,73H,4-21,23-24,26-28,33-72H2,1-3H3/b25-22-,31-29-,32-30-. The molecule has 0 spiro atoms. The fourth-order valence-corrected chi connectivity index (χ4v) is 11.3. The summed E-state index contributed by atoms with van der Waals surface area (Å²) in [6.45, 7) is 6.70. The smallest absolute Gasteiger partial charge is 0.306 e. The van der Waals surface area contributed by atoms with Gasteiger partial charge in [-0.1, -0.05) is 353 Å². The third-order valence-electron chi connectivity index (χ3n) is 16.9. The molecule has 0 N–H and O–H groups in total. The molecule has 0 radical (unpaired) electrons. The first-order chi connectivity index (χ1) is 40.5. The number of hydrogen-bond donors (Lipinski definition) is 0. The van der Waals surface area contributed by atoms with Crippen LogP contribution in [0.5, 0.6) is 0 Å². The van der Waals surface area contributed by atoms with Crippen molar-refractivity contribution in [2.24, 2.45) is 0 Å². The number of esters is 3. The molecule has 482 valence electrons. The Labute approximate surface area is 512 Å². The average Bonchev–Trinajstić information content (AvgIpc) is 3.47. The summed E-state index contributed by atoms with van der Waals surface area (Å²) in [5, 5.41) is 0. The minimum Gasteiger partial charge on any atom is -0.462 e. The third kappa shape index (κ3) is 68.4. The second-order valence-corrected chi connectivity index (χ2v) is 25.2. The Balaban J connectivity index is 4.18.